The van der Waals surface area contributed by atoms with Crippen molar-refractivity contribution < 1.29 is 0 Å². The number of halogens is 2. The molecule has 1 N–H and O–H groups in total. The highest BCUT2D eigenvalue weighted by atomic mass is 79.9. The van der Waals surface area contributed by atoms with Crippen LogP contribution in [-0.4, -0.2) is 16.1 Å². The minimum atomic E-state index is 0.163. The van der Waals surface area contributed by atoms with E-state index in [1.165, 1.54) is 0 Å². The van der Waals surface area contributed by atoms with E-state index in [0.717, 1.165) is 33.8 Å². The maximum Gasteiger partial charge on any atom is 0.110 e. The van der Waals surface area contributed by atoms with Crippen molar-refractivity contribution in [2.75, 3.05) is 6.54 Å². The zero-order valence-electron chi connectivity index (χ0n) is 11.0. The monoisotopic (exact) mass is 341 g/mol. The summed E-state index contributed by atoms with van der Waals surface area (Å²) >= 11 is 9.87. The van der Waals surface area contributed by atoms with Crippen molar-refractivity contribution in [3.63, 3.8) is 0 Å². The molecule has 1 atom stereocenters. The van der Waals surface area contributed by atoms with Crippen molar-refractivity contribution in [1.82, 2.24) is 14.9 Å². The molecule has 1 aromatic heterocycles. The van der Waals surface area contributed by atoms with E-state index in [0.29, 0.717) is 0 Å². The van der Waals surface area contributed by atoms with Gasteiger partial charge in [-0.05, 0) is 34.1 Å². The third-order valence-corrected chi connectivity index (χ3v) is 4.43. The maximum atomic E-state index is 6.39. The molecule has 0 aliphatic carbocycles. The highest BCUT2D eigenvalue weighted by Gasteiger charge is 2.17. The Labute approximate surface area is 127 Å². The van der Waals surface area contributed by atoms with E-state index in [4.69, 9.17) is 11.6 Å². The van der Waals surface area contributed by atoms with Gasteiger partial charge in [0.1, 0.15) is 5.82 Å². The number of aromatic nitrogens is 2. The van der Waals surface area contributed by atoms with Crippen LogP contribution in [0, 0.1) is 0 Å². The fourth-order valence-corrected chi connectivity index (χ4v) is 2.74. The minimum Gasteiger partial charge on any atom is -0.338 e. The zero-order valence-corrected chi connectivity index (χ0v) is 13.4. The Morgan fingerprint density at radius 1 is 1.47 bits per heavy atom. The second-order valence-corrected chi connectivity index (χ2v) is 5.64. The first kappa shape index (κ1) is 14.6. The van der Waals surface area contributed by atoms with Crippen LogP contribution in [0.4, 0.5) is 0 Å². The lowest BCUT2D eigenvalue weighted by Gasteiger charge is -2.20. The van der Waals surface area contributed by atoms with Crippen LogP contribution >= 0.6 is 27.5 Å². The lowest BCUT2D eigenvalue weighted by molar-refractivity contribution is 0.529. The molecule has 1 aromatic carbocycles. The van der Waals surface area contributed by atoms with E-state index in [9.17, 15) is 0 Å². The Kier molecular flexibility index (Phi) is 5.02. The number of likely N-dealkylation sites (N-methyl/N-ethyl adjacent to an activating group) is 1. The average molecular weight is 343 g/mol. The van der Waals surface area contributed by atoms with Crippen molar-refractivity contribution >= 4 is 27.5 Å². The summed E-state index contributed by atoms with van der Waals surface area (Å²) in [5, 5.41) is 4.24. The molecule has 0 radical (unpaired) electrons. The van der Waals surface area contributed by atoms with Gasteiger partial charge >= 0.3 is 0 Å². The molecule has 19 heavy (non-hydrogen) atoms. The summed E-state index contributed by atoms with van der Waals surface area (Å²) in [6, 6.07) is 6.18. The van der Waals surface area contributed by atoms with Gasteiger partial charge in [0.15, 0.2) is 0 Å². The van der Waals surface area contributed by atoms with Gasteiger partial charge in [0, 0.05) is 36.4 Å². The highest BCUT2D eigenvalue weighted by molar-refractivity contribution is 9.10. The molecule has 0 saturated heterocycles. The summed E-state index contributed by atoms with van der Waals surface area (Å²) in [6.45, 7) is 2.98. The zero-order chi connectivity index (χ0) is 13.8. The quantitative estimate of drug-likeness (QED) is 0.897. The van der Waals surface area contributed by atoms with E-state index >= 15 is 0 Å². The maximum absolute atomic E-state index is 6.39. The molecule has 3 nitrogen and oxygen atoms in total. The Morgan fingerprint density at radius 2 is 2.26 bits per heavy atom. The lowest BCUT2D eigenvalue weighted by atomic mass is 10.0. The van der Waals surface area contributed by atoms with Crippen molar-refractivity contribution in [3.05, 3.63) is 51.5 Å². The van der Waals surface area contributed by atoms with E-state index in [2.05, 4.69) is 39.2 Å². The molecule has 102 valence electrons. The predicted octanol–water partition coefficient (Wildman–Crippen LogP) is 3.73. The van der Waals surface area contributed by atoms with Gasteiger partial charge in [0.2, 0.25) is 0 Å². The minimum absolute atomic E-state index is 0.163. The number of imidazole rings is 1. The van der Waals surface area contributed by atoms with Gasteiger partial charge in [-0.15, -0.1) is 0 Å². The van der Waals surface area contributed by atoms with E-state index in [1.807, 2.05) is 36.1 Å². The molecular weight excluding hydrogens is 326 g/mol. The Morgan fingerprint density at radius 3 is 2.89 bits per heavy atom. The number of benzene rings is 1. The first-order valence-electron chi connectivity index (χ1n) is 6.27. The highest BCUT2D eigenvalue weighted by Crippen LogP contribution is 2.31. The van der Waals surface area contributed by atoms with Crippen LogP contribution in [0.15, 0.2) is 35.1 Å². The third-order valence-electron chi connectivity index (χ3n) is 3.12. The molecule has 0 spiro atoms. The van der Waals surface area contributed by atoms with Gasteiger partial charge in [0.25, 0.3) is 0 Å². The molecule has 0 aliphatic rings. The topological polar surface area (TPSA) is 29.9 Å². The van der Waals surface area contributed by atoms with Crippen LogP contribution in [0.1, 0.15) is 24.4 Å². The standard InChI is InChI=1S/C14H17BrClN3/c1-3-17-12(9-13-18-7-8-19(13)2)10-5-4-6-11(15)14(10)16/h4-8,12,17H,3,9H2,1-2H3. The number of hydrogen-bond acceptors (Lipinski definition) is 2. The first-order valence-corrected chi connectivity index (χ1v) is 7.44. The number of nitrogens with one attached hydrogen (secondary N) is 1. The van der Waals surface area contributed by atoms with E-state index < -0.39 is 0 Å². The van der Waals surface area contributed by atoms with Crippen molar-refractivity contribution in [1.29, 1.82) is 0 Å². The molecule has 0 aliphatic heterocycles. The van der Waals surface area contributed by atoms with Gasteiger partial charge in [-0.3, -0.25) is 0 Å². The van der Waals surface area contributed by atoms with Crippen molar-refractivity contribution in [2.45, 2.75) is 19.4 Å². The molecule has 1 unspecified atom stereocenters. The number of nitrogens with zero attached hydrogens (tertiary/aromatic N) is 2. The predicted molar refractivity (Wildman–Crippen MR) is 82.5 cm³/mol. The molecule has 5 heteroatoms. The van der Waals surface area contributed by atoms with Crippen molar-refractivity contribution in [3.8, 4) is 0 Å². The van der Waals surface area contributed by atoms with Crippen LogP contribution in [0.25, 0.3) is 0 Å². The third kappa shape index (κ3) is 3.38. The second kappa shape index (κ2) is 6.55. The van der Waals surface area contributed by atoms with E-state index in [1.54, 1.807) is 0 Å². The number of aryl methyl sites for hydroxylation is 1. The van der Waals surface area contributed by atoms with Gasteiger partial charge in [-0.1, -0.05) is 30.7 Å². The fourth-order valence-electron chi connectivity index (χ4n) is 2.10. The molecule has 0 amide bonds. The van der Waals surface area contributed by atoms with E-state index in [-0.39, 0.29) is 6.04 Å². The second-order valence-electron chi connectivity index (χ2n) is 4.41. The number of hydrogen-bond donors (Lipinski definition) is 1. The fraction of sp³-hybridized carbons (Fsp3) is 0.357. The van der Waals surface area contributed by atoms with Crippen LogP contribution < -0.4 is 5.32 Å². The Balaban J connectivity index is 2.29. The smallest absolute Gasteiger partial charge is 0.110 e. The first-order chi connectivity index (χ1) is 9.13. The molecule has 0 bridgehead atoms. The SMILES string of the molecule is CCNC(Cc1nccn1C)c1cccc(Br)c1Cl. The van der Waals surface area contributed by atoms with Crippen LogP contribution in [0.5, 0.6) is 0 Å². The van der Waals surface area contributed by atoms with Gasteiger partial charge in [-0.25, -0.2) is 4.98 Å². The molecule has 2 aromatic rings. The van der Waals surface area contributed by atoms with Crippen molar-refractivity contribution in [2.24, 2.45) is 7.05 Å². The largest absolute Gasteiger partial charge is 0.338 e. The molecule has 0 fully saturated rings. The number of rotatable bonds is 5. The molecule has 0 saturated carbocycles. The van der Waals surface area contributed by atoms with Gasteiger partial charge < -0.3 is 9.88 Å². The summed E-state index contributed by atoms with van der Waals surface area (Å²) in [5.41, 5.74) is 1.10. The summed E-state index contributed by atoms with van der Waals surface area (Å²) in [7, 11) is 2.01. The summed E-state index contributed by atoms with van der Waals surface area (Å²) in [6.07, 6.45) is 4.59. The van der Waals surface area contributed by atoms with Crippen LogP contribution in [-0.2, 0) is 13.5 Å². The summed E-state index contributed by atoms with van der Waals surface area (Å²) in [5.74, 6) is 1.04. The summed E-state index contributed by atoms with van der Waals surface area (Å²) in [4.78, 5) is 4.38. The normalized spacial score (nSPS) is 12.6. The van der Waals surface area contributed by atoms with Gasteiger partial charge in [0.05, 0.1) is 5.02 Å². The summed E-state index contributed by atoms with van der Waals surface area (Å²) < 4.78 is 2.96. The van der Waals surface area contributed by atoms with Crippen LogP contribution in [0.3, 0.4) is 0 Å². The van der Waals surface area contributed by atoms with Gasteiger partial charge in [-0.2, -0.15) is 0 Å². The van der Waals surface area contributed by atoms with Crippen LogP contribution in [0.2, 0.25) is 5.02 Å². The average Bonchev–Trinajstić information content (AvgIpc) is 2.78. The molecular formula is C14H17BrClN3. The Bertz CT molecular complexity index is 553. The Hall–Kier alpha value is -0.840. The molecule has 2 rings (SSSR count). The molecule has 1 heterocycles. The lowest BCUT2D eigenvalue weighted by Crippen LogP contribution is -2.24.